The Morgan fingerprint density at radius 1 is 1.36 bits per heavy atom. The number of ether oxygens (including phenoxy) is 1. The molecule has 3 heterocycles. The van der Waals surface area contributed by atoms with Crippen molar-refractivity contribution < 1.29 is 26.3 Å². The molecule has 1 aromatic carbocycles. The minimum absolute atomic E-state index is 0.159. The van der Waals surface area contributed by atoms with E-state index in [2.05, 4.69) is 5.32 Å². The lowest BCUT2D eigenvalue weighted by atomic mass is 9.77. The Balaban J connectivity index is 1.83. The number of amides is 1. The van der Waals surface area contributed by atoms with E-state index in [1.807, 2.05) is 36.9 Å². The lowest BCUT2D eigenvalue weighted by molar-refractivity contribution is -0.210. The molecule has 0 aliphatic carbocycles. The summed E-state index contributed by atoms with van der Waals surface area (Å²) in [5.41, 5.74) is 0.930. The molecule has 0 radical (unpaired) electrons. The number of anilines is 1. The van der Waals surface area contributed by atoms with Gasteiger partial charge < -0.3 is 15.0 Å². The molecule has 2 fully saturated rings. The molecule has 3 aliphatic rings. The lowest BCUT2D eigenvalue weighted by Gasteiger charge is -2.45. The van der Waals surface area contributed by atoms with Crippen molar-refractivity contribution in [3.8, 4) is 5.75 Å². The molecule has 1 spiro atoms. The first-order valence-electron chi connectivity index (χ1n) is 7.77. The van der Waals surface area contributed by atoms with Crippen molar-refractivity contribution in [1.29, 1.82) is 0 Å². The molecule has 25 heavy (non-hydrogen) atoms. The van der Waals surface area contributed by atoms with Crippen molar-refractivity contribution >= 4 is 22.2 Å². The fourth-order valence-electron chi connectivity index (χ4n) is 4.40. The van der Waals surface area contributed by atoms with E-state index in [1.54, 1.807) is 12.1 Å². The zero-order chi connectivity index (χ0) is 18.2. The number of likely N-dealkylation sites (tertiary alicyclic amines) is 1. The molecular weight excluding hydrogens is 350 g/mol. The van der Waals surface area contributed by atoms with Crippen LogP contribution in [0.3, 0.4) is 0 Å². The summed E-state index contributed by atoms with van der Waals surface area (Å²) in [6, 6.07) is 5.27. The minimum Gasteiger partial charge on any atom is -0.410 e. The lowest BCUT2D eigenvalue weighted by Crippen LogP contribution is -2.63. The van der Waals surface area contributed by atoms with Crippen LogP contribution in [0.5, 0.6) is 5.75 Å². The summed E-state index contributed by atoms with van der Waals surface area (Å²) in [4.78, 5) is 15.5. The van der Waals surface area contributed by atoms with E-state index in [0.717, 1.165) is 11.3 Å². The maximum absolute atomic E-state index is 11.6. The number of nitrogens with zero attached hydrogens (tertiary/aromatic N) is 2. The highest BCUT2D eigenvalue weighted by atomic mass is 32.3. The fraction of sp³-hybridized carbons (Fsp3) is 0.533. The second-order valence-corrected chi connectivity index (χ2v) is 7.90. The second kappa shape index (κ2) is 4.85. The van der Waals surface area contributed by atoms with Crippen LogP contribution < -0.4 is 15.0 Å². The Kier molecular flexibility index (Phi) is 3.21. The van der Waals surface area contributed by atoms with Gasteiger partial charge in [0.15, 0.2) is 0 Å². The quantitative estimate of drug-likeness (QED) is 0.758. The number of rotatable bonds is 1. The van der Waals surface area contributed by atoms with Crippen LogP contribution in [0, 0.1) is 0 Å². The third-order valence-electron chi connectivity index (χ3n) is 5.35. The van der Waals surface area contributed by atoms with Gasteiger partial charge in [0, 0.05) is 19.8 Å². The van der Waals surface area contributed by atoms with Crippen molar-refractivity contribution in [3.63, 3.8) is 0 Å². The van der Waals surface area contributed by atoms with Gasteiger partial charge in [-0.3, -0.25) is 4.90 Å². The van der Waals surface area contributed by atoms with Crippen LogP contribution in [0.4, 0.5) is 10.5 Å². The third-order valence-corrected chi connectivity index (χ3v) is 6.29. The van der Waals surface area contributed by atoms with E-state index < -0.39 is 27.7 Å². The molecule has 1 N–H and O–H groups in total. The number of likely N-dealkylation sites (N-methyl/N-ethyl adjacent to an activating group) is 2. The van der Waals surface area contributed by atoms with Gasteiger partial charge in [0.1, 0.15) is 5.75 Å². The van der Waals surface area contributed by atoms with Gasteiger partial charge in [-0.1, -0.05) is 0 Å². The van der Waals surface area contributed by atoms with E-state index in [-0.39, 0.29) is 6.17 Å². The fourth-order valence-corrected chi connectivity index (χ4v) is 5.52. The second-order valence-electron chi connectivity index (χ2n) is 6.75. The molecule has 9 nitrogen and oxygen atoms in total. The summed E-state index contributed by atoms with van der Waals surface area (Å²) in [5, 5.41) is 2.39. The first-order valence-corrected chi connectivity index (χ1v) is 9.10. The topological polar surface area (TPSA) is 97.4 Å². The molecular formula is C15H19N3O6S. The zero-order valence-electron chi connectivity index (χ0n) is 14.3. The first kappa shape index (κ1) is 16.6. The molecule has 2 saturated heterocycles. The van der Waals surface area contributed by atoms with Gasteiger partial charge in [-0.15, -0.1) is 0 Å². The number of carbonyl (C=O) groups excluding carboxylic acids is 1. The van der Waals surface area contributed by atoms with E-state index >= 15 is 0 Å². The summed E-state index contributed by atoms with van der Waals surface area (Å²) in [6.07, 6.45) is -0.738. The normalized spacial score (nSPS) is 31.4. The van der Waals surface area contributed by atoms with Crippen LogP contribution in [-0.2, 0) is 24.2 Å². The number of hydrogen-bond donors (Lipinski definition) is 1. The van der Waals surface area contributed by atoms with Crippen molar-refractivity contribution in [1.82, 2.24) is 10.2 Å². The van der Waals surface area contributed by atoms with Crippen LogP contribution in [0.25, 0.3) is 0 Å². The molecule has 3 aliphatic heterocycles. The number of fused-ring (bicyclic) bond motifs is 4. The Labute approximate surface area is 145 Å². The minimum atomic E-state index is -3.97. The number of benzene rings is 1. The monoisotopic (exact) mass is 369 g/mol. The van der Waals surface area contributed by atoms with Crippen LogP contribution >= 0.6 is 0 Å². The summed E-state index contributed by atoms with van der Waals surface area (Å²) in [7, 11) is 1.32. The maximum Gasteiger partial charge on any atom is 0.412 e. The van der Waals surface area contributed by atoms with Gasteiger partial charge in [0.25, 0.3) is 0 Å². The van der Waals surface area contributed by atoms with E-state index in [9.17, 15) is 13.2 Å². The molecule has 0 bridgehead atoms. The van der Waals surface area contributed by atoms with Gasteiger partial charge in [-0.2, -0.15) is 8.42 Å². The van der Waals surface area contributed by atoms with Crippen LogP contribution in [0.2, 0.25) is 0 Å². The Bertz CT molecular complexity index is 860. The van der Waals surface area contributed by atoms with Crippen molar-refractivity contribution in [2.75, 3.05) is 32.6 Å². The van der Waals surface area contributed by atoms with Crippen molar-refractivity contribution in [3.05, 3.63) is 23.8 Å². The van der Waals surface area contributed by atoms with Gasteiger partial charge in [-0.05, 0) is 37.7 Å². The number of hydrogen-bond acceptors (Lipinski definition) is 8. The molecule has 1 aromatic rings. The Hall–Kier alpha value is -1.88. The van der Waals surface area contributed by atoms with E-state index in [4.69, 9.17) is 13.1 Å². The number of carbonyl (C=O) groups is 1. The smallest absolute Gasteiger partial charge is 0.410 e. The van der Waals surface area contributed by atoms with Gasteiger partial charge in [-0.25, -0.2) is 13.2 Å². The van der Waals surface area contributed by atoms with Crippen molar-refractivity contribution in [2.45, 2.75) is 24.3 Å². The summed E-state index contributed by atoms with van der Waals surface area (Å²) >= 11 is 0. The third kappa shape index (κ3) is 1.99. The summed E-state index contributed by atoms with van der Waals surface area (Å²) in [6.45, 7) is 2.21. The van der Waals surface area contributed by atoms with Gasteiger partial charge in [0.2, 0.25) is 5.79 Å². The van der Waals surface area contributed by atoms with Crippen molar-refractivity contribution in [2.24, 2.45) is 0 Å². The molecule has 0 saturated carbocycles. The zero-order valence-corrected chi connectivity index (χ0v) is 15.1. The Morgan fingerprint density at radius 2 is 2.04 bits per heavy atom. The maximum atomic E-state index is 11.6. The molecule has 4 rings (SSSR count). The highest BCUT2D eigenvalue weighted by Gasteiger charge is 2.75. The van der Waals surface area contributed by atoms with E-state index in [0.29, 0.717) is 12.3 Å². The molecule has 10 heteroatoms. The van der Waals surface area contributed by atoms with Crippen LogP contribution in [0.15, 0.2) is 18.2 Å². The van der Waals surface area contributed by atoms with Crippen LogP contribution in [0.1, 0.15) is 12.5 Å². The highest BCUT2D eigenvalue weighted by Crippen LogP contribution is 2.61. The van der Waals surface area contributed by atoms with Gasteiger partial charge >= 0.3 is 16.5 Å². The largest absolute Gasteiger partial charge is 0.412 e. The predicted molar refractivity (Wildman–Crippen MR) is 87.5 cm³/mol. The average Bonchev–Trinajstić information content (AvgIpc) is 2.87. The average molecular weight is 369 g/mol. The standard InChI is InChI=1S/C15H19N3O6S/c1-14-10-7-9(22-13(19)16-2)5-6-11(10)18(4)12(14)17(3)8-15(14)23-25(20,21)24-15/h5-7,12H,8H2,1-4H3,(H,16,19). The molecule has 2 atom stereocenters. The highest BCUT2D eigenvalue weighted by molar-refractivity contribution is 7.82. The molecule has 1 amide bonds. The Morgan fingerprint density at radius 3 is 2.64 bits per heavy atom. The molecule has 0 aromatic heterocycles. The number of nitrogens with one attached hydrogen (secondary N) is 1. The first-order chi connectivity index (χ1) is 11.6. The summed E-state index contributed by atoms with van der Waals surface area (Å²) in [5.74, 6) is -0.934. The molecule has 2 unspecified atom stereocenters. The van der Waals surface area contributed by atoms with Gasteiger partial charge in [0.05, 0.1) is 18.1 Å². The van der Waals surface area contributed by atoms with E-state index in [1.165, 1.54) is 7.05 Å². The van der Waals surface area contributed by atoms with Crippen LogP contribution in [-0.4, -0.2) is 59.1 Å². The predicted octanol–water partition coefficient (Wildman–Crippen LogP) is 0.372. The molecule has 136 valence electrons. The SMILES string of the molecule is CNC(=O)Oc1ccc2c(c1)C1(C)C(N(C)CC13OS(=O)(=O)O3)N2C. The summed E-state index contributed by atoms with van der Waals surface area (Å²) < 4.78 is 38.9.